The number of anilines is 1. The van der Waals surface area contributed by atoms with Crippen LogP contribution in [0.5, 0.6) is 0 Å². The van der Waals surface area contributed by atoms with Gasteiger partial charge in [-0.15, -0.1) is 0 Å². The maximum Gasteiger partial charge on any atom is 0.166 e. The molecule has 3 nitrogen and oxygen atoms in total. The number of nitrogens with two attached hydrogens (primary N) is 1. The fourth-order valence-electron chi connectivity index (χ4n) is 1.82. The molecule has 1 saturated heterocycles. The summed E-state index contributed by atoms with van der Waals surface area (Å²) in [6, 6.07) is 10.4. The zero-order valence-corrected chi connectivity index (χ0v) is 13.4. The van der Waals surface area contributed by atoms with Crippen LogP contribution in [0.1, 0.15) is 29.1 Å². The van der Waals surface area contributed by atoms with E-state index in [-0.39, 0.29) is 1.43 Å². The Hall–Kier alpha value is -1.29. The normalized spacial score (nSPS) is 13.7. The number of piperazine rings is 1. The second-order valence-corrected chi connectivity index (χ2v) is 4.07. The minimum absolute atomic E-state index is 0. The molecule has 0 radical (unpaired) electrons. The van der Waals surface area contributed by atoms with E-state index in [1.807, 2.05) is 33.8 Å². The molecule has 2 rings (SSSR count). The van der Waals surface area contributed by atoms with E-state index in [1.54, 1.807) is 0 Å². The zero-order chi connectivity index (χ0) is 14.7. The highest BCUT2D eigenvalue weighted by Crippen LogP contribution is 2.15. The number of hydrogen-bond donors (Lipinski definition) is 1. The molecule has 0 amide bonds. The van der Waals surface area contributed by atoms with E-state index in [1.165, 1.54) is 5.69 Å². The van der Waals surface area contributed by atoms with E-state index in [2.05, 4.69) is 34.1 Å². The van der Waals surface area contributed by atoms with Crippen molar-refractivity contribution in [1.82, 2.24) is 4.90 Å². The molecule has 1 aliphatic rings. The first-order valence-electron chi connectivity index (χ1n) is 7.12. The van der Waals surface area contributed by atoms with Crippen molar-refractivity contribution >= 4 is 23.0 Å². The maximum atomic E-state index is 5.59. The first-order chi connectivity index (χ1) is 9.27. The Morgan fingerprint density at radius 3 is 1.89 bits per heavy atom. The predicted molar refractivity (Wildman–Crippen MR) is 91.8 cm³/mol. The van der Waals surface area contributed by atoms with Crippen LogP contribution >= 0.6 is 12.2 Å². The van der Waals surface area contributed by atoms with E-state index in [4.69, 9.17) is 18.0 Å². The van der Waals surface area contributed by atoms with Crippen LogP contribution in [-0.4, -0.2) is 36.2 Å². The summed E-state index contributed by atoms with van der Waals surface area (Å²) in [5.74, 6) is 0. The van der Waals surface area contributed by atoms with Gasteiger partial charge < -0.3 is 15.5 Å². The van der Waals surface area contributed by atoms with Crippen LogP contribution in [0.3, 0.4) is 0 Å². The number of benzene rings is 1. The number of thiocarbonyl (C=S) groups is 1. The topological polar surface area (TPSA) is 32.5 Å². The molecule has 1 aromatic carbocycles. The van der Waals surface area contributed by atoms with Gasteiger partial charge in [-0.2, -0.15) is 0 Å². The average Bonchev–Trinajstić information content (AvgIpc) is 2.52. The van der Waals surface area contributed by atoms with E-state index in [0.29, 0.717) is 5.11 Å². The van der Waals surface area contributed by atoms with E-state index < -0.39 is 0 Å². The van der Waals surface area contributed by atoms with E-state index in [0.717, 1.165) is 26.2 Å². The van der Waals surface area contributed by atoms with Crippen LogP contribution in [-0.2, 0) is 0 Å². The van der Waals surface area contributed by atoms with Gasteiger partial charge in [0.2, 0.25) is 0 Å². The smallest absolute Gasteiger partial charge is 0.166 e. The molecule has 0 saturated carbocycles. The van der Waals surface area contributed by atoms with Crippen molar-refractivity contribution in [1.29, 1.82) is 0 Å². The lowest BCUT2D eigenvalue weighted by atomic mass is 10.2. The lowest BCUT2D eigenvalue weighted by Crippen LogP contribution is -2.50. The van der Waals surface area contributed by atoms with Crippen molar-refractivity contribution in [2.75, 3.05) is 31.1 Å². The molecule has 0 aromatic heterocycles. The highest BCUT2D eigenvalue weighted by atomic mass is 32.1. The summed E-state index contributed by atoms with van der Waals surface area (Å²) in [4.78, 5) is 4.41. The van der Waals surface area contributed by atoms with Crippen LogP contribution in [0.25, 0.3) is 0 Å². The van der Waals surface area contributed by atoms with Gasteiger partial charge in [0.1, 0.15) is 0 Å². The monoisotopic (exact) mass is 283 g/mol. The van der Waals surface area contributed by atoms with Gasteiger partial charge in [0.25, 0.3) is 0 Å². The van der Waals surface area contributed by atoms with Crippen molar-refractivity contribution in [3.05, 3.63) is 30.3 Å². The van der Waals surface area contributed by atoms with Gasteiger partial charge in [0.15, 0.2) is 5.11 Å². The second-order valence-electron chi connectivity index (χ2n) is 3.65. The molecule has 4 heteroatoms. The molecule has 1 aliphatic heterocycles. The van der Waals surface area contributed by atoms with Crippen molar-refractivity contribution in [2.45, 2.75) is 27.7 Å². The van der Waals surface area contributed by atoms with Crippen LogP contribution in [0.4, 0.5) is 5.69 Å². The van der Waals surface area contributed by atoms with Crippen LogP contribution in [0.2, 0.25) is 0 Å². The number of hydrogen-bond acceptors (Lipinski definition) is 2. The Balaban J connectivity index is 0. The van der Waals surface area contributed by atoms with Crippen molar-refractivity contribution in [3.63, 3.8) is 0 Å². The second kappa shape index (κ2) is 10.6. The van der Waals surface area contributed by atoms with E-state index >= 15 is 0 Å². The average molecular weight is 283 g/mol. The van der Waals surface area contributed by atoms with E-state index in [9.17, 15) is 0 Å². The predicted octanol–water partition coefficient (Wildman–Crippen LogP) is 3.35. The summed E-state index contributed by atoms with van der Waals surface area (Å²) in [6.07, 6.45) is 0. The molecule has 0 spiro atoms. The fraction of sp³-hybridized carbons (Fsp3) is 0.533. The largest absolute Gasteiger partial charge is 0.376 e. The highest BCUT2D eigenvalue weighted by Gasteiger charge is 2.17. The summed E-state index contributed by atoms with van der Waals surface area (Å²) in [5, 5.41) is 0.516. The maximum absolute atomic E-state index is 5.59. The third-order valence-corrected chi connectivity index (χ3v) is 2.97. The lowest BCUT2D eigenvalue weighted by Gasteiger charge is -2.36. The minimum Gasteiger partial charge on any atom is -0.376 e. The molecule has 0 unspecified atom stereocenters. The Morgan fingerprint density at radius 2 is 1.47 bits per heavy atom. The molecule has 0 atom stereocenters. The zero-order valence-electron chi connectivity index (χ0n) is 12.6. The first-order valence-corrected chi connectivity index (χ1v) is 7.52. The van der Waals surface area contributed by atoms with Gasteiger partial charge in [-0.1, -0.05) is 45.9 Å². The van der Waals surface area contributed by atoms with Crippen LogP contribution < -0.4 is 10.6 Å². The Bertz CT molecular complexity index is 338. The number of nitrogens with zero attached hydrogens (tertiary/aromatic N) is 2. The Labute approximate surface area is 124 Å². The summed E-state index contributed by atoms with van der Waals surface area (Å²) in [6.45, 7) is 11.8. The molecule has 2 N–H and O–H groups in total. The van der Waals surface area contributed by atoms with Gasteiger partial charge in [0, 0.05) is 33.3 Å². The highest BCUT2D eigenvalue weighted by molar-refractivity contribution is 7.80. The quantitative estimate of drug-likeness (QED) is 0.801. The van der Waals surface area contributed by atoms with Gasteiger partial charge in [0.05, 0.1) is 0 Å². The summed E-state index contributed by atoms with van der Waals surface area (Å²) >= 11 is 4.96. The number of para-hydroxylation sites is 1. The van der Waals surface area contributed by atoms with Gasteiger partial charge in [-0.05, 0) is 24.4 Å². The van der Waals surface area contributed by atoms with Crippen LogP contribution in [0.15, 0.2) is 30.3 Å². The Kier molecular flexibility index (Phi) is 9.90. The molecule has 1 heterocycles. The van der Waals surface area contributed by atoms with Crippen molar-refractivity contribution < 1.29 is 1.43 Å². The molecular formula is C15H29N3S. The summed E-state index contributed by atoms with van der Waals surface area (Å²) in [5.41, 5.74) is 6.87. The summed E-state index contributed by atoms with van der Waals surface area (Å²) < 4.78 is 0. The minimum atomic E-state index is 0. The van der Waals surface area contributed by atoms with Gasteiger partial charge in [-0.25, -0.2) is 0 Å². The van der Waals surface area contributed by atoms with Gasteiger partial charge >= 0.3 is 0 Å². The van der Waals surface area contributed by atoms with Gasteiger partial charge in [-0.3, -0.25) is 0 Å². The van der Waals surface area contributed by atoms with Crippen LogP contribution in [0, 0.1) is 0 Å². The molecule has 1 aromatic rings. The molecule has 1 fully saturated rings. The first kappa shape index (κ1) is 17.7. The molecule has 110 valence electrons. The molecule has 0 aliphatic carbocycles. The third kappa shape index (κ3) is 5.92. The number of rotatable bonds is 1. The van der Waals surface area contributed by atoms with Crippen molar-refractivity contribution in [3.8, 4) is 0 Å². The SMILES string of the molecule is CC.CC.NC(=S)N1CCN(c2ccccc2)CC1.[HH]. The lowest BCUT2D eigenvalue weighted by molar-refractivity contribution is 0.388. The standard InChI is InChI=1S/C11H15N3S.2C2H6.H2/c12-11(15)14-8-6-13(7-9-14)10-4-2-1-3-5-10;2*1-2;/h1-5H,6-9H2,(H2,12,15);2*1-2H3;1H. The fourth-order valence-corrected chi connectivity index (χ4v) is 2.01. The molecule has 19 heavy (non-hydrogen) atoms. The third-order valence-electron chi connectivity index (χ3n) is 2.71. The summed E-state index contributed by atoms with van der Waals surface area (Å²) in [7, 11) is 0. The molecular weight excluding hydrogens is 254 g/mol. The Morgan fingerprint density at radius 1 is 1.00 bits per heavy atom. The van der Waals surface area contributed by atoms with Crippen molar-refractivity contribution in [2.24, 2.45) is 5.73 Å². The molecule has 0 bridgehead atoms.